The second-order valence-electron chi connectivity index (χ2n) is 7.95. The van der Waals surface area contributed by atoms with Crippen LogP contribution in [-0.4, -0.2) is 55.1 Å². The fourth-order valence-electron chi connectivity index (χ4n) is 5.62. The molecule has 0 aromatic heterocycles. The molecule has 2 saturated heterocycles. The van der Waals surface area contributed by atoms with E-state index in [0.29, 0.717) is 0 Å². The highest BCUT2D eigenvalue weighted by molar-refractivity contribution is 5.90. The molecule has 1 aromatic rings. The van der Waals surface area contributed by atoms with Crippen molar-refractivity contribution in [2.75, 3.05) is 14.2 Å². The Labute approximate surface area is 165 Å². The van der Waals surface area contributed by atoms with E-state index in [4.69, 9.17) is 14.2 Å². The maximum absolute atomic E-state index is 12.3. The van der Waals surface area contributed by atoms with Gasteiger partial charge in [-0.1, -0.05) is 48.6 Å². The van der Waals surface area contributed by atoms with E-state index in [2.05, 4.69) is 35.3 Å². The number of nitrogens with zero attached hydrogens (tertiary/aromatic N) is 1. The molecule has 1 spiro atoms. The minimum absolute atomic E-state index is 0.165. The number of benzene rings is 1. The lowest BCUT2D eigenvalue weighted by molar-refractivity contribution is -0.151. The maximum atomic E-state index is 12.3. The molecule has 28 heavy (non-hydrogen) atoms. The van der Waals surface area contributed by atoms with Gasteiger partial charge in [0.25, 0.3) is 0 Å². The predicted molar refractivity (Wildman–Crippen MR) is 105 cm³/mol. The standard InChI is InChI=1S/C23H25NO4/c1-26-22(27-2)19-10-11-20-23-14-17(24(19)20)12-16(18(23)13-21(25)28-23)9-8-15-6-4-3-5-7-15/h3-9,12-13,17,19-20,22H,10-11,14H2,1-2H3/b9-8+/t17-,19-,20-,23?/m1/s1. The Morgan fingerprint density at radius 3 is 2.71 bits per heavy atom. The highest BCUT2D eigenvalue weighted by Crippen LogP contribution is 2.56. The van der Waals surface area contributed by atoms with Gasteiger partial charge in [-0.25, -0.2) is 4.79 Å². The van der Waals surface area contributed by atoms with Crippen LogP contribution < -0.4 is 0 Å². The highest BCUT2D eigenvalue weighted by atomic mass is 16.7. The van der Waals surface area contributed by atoms with Gasteiger partial charge in [0.2, 0.25) is 0 Å². The van der Waals surface area contributed by atoms with Gasteiger partial charge in [0.05, 0.1) is 12.1 Å². The Morgan fingerprint density at radius 1 is 1.18 bits per heavy atom. The van der Waals surface area contributed by atoms with Crippen LogP contribution in [0.3, 0.4) is 0 Å². The zero-order valence-corrected chi connectivity index (χ0v) is 16.2. The molecular formula is C23H25NO4. The third-order valence-corrected chi connectivity index (χ3v) is 6.63. The predicted octanol–water partition coefficient (Wildman–Crippen LogP) is 3.09. The van der Waals surface area contributed by atoms with Gasteiger partial charge in [-0.2, -0.15) is 0 Å². The topological polar surface area (TPSA) is 48.0 Å². The lowest BCUT2D eigenvalue weighted by Crippen LogP contribution is -2.48. The van der Waals surface area contributed by atoms with E-state index in [-0.39, 0.29) is 30.4 Å². The Hall–Kier alpha value is -2.21. The normalized spacial score (nSPS) is 33.8. The van der Waals surface area contributed by atoms with Gasteiger partial charge >= 0.3 is 5.97 Å². The molecule has 3 heterocycles. The van der Waals surface area contributed by atoms with E-state index in [9.17, 15) is 4.79 Å². The van der Waals surface area contributed by atoms with Crippen LogP contribution in [0.1, 0.15) is 24.8 Å². The average molecular weight is 379 g/mol. The van der Waals surface area contributed by atoms with Crippen molar-refractivity contribution >= 4 is 12.0 Å². The molecule has 5 heteroatoms. The van der Waals surface area contributed by atoms with Gasteiger partial charge in [0.15, 0.2) is 11.9 Å². The van der Waals surface area contributed by atoms with Crippen LogP contribution in [0.25, 0.3) is 6.08 Å². The summed E-state index contributed by atoms with van der Waals surface area (Å²) in [6, 6.07) is 10.8. The summed E-state index contributed by atoms with van der Waals surface area (Å²) in [5.74, 6) is -0.227. The molecule has 3 aliphatic heterocycles. The maximum Gasteiger partial charge on any atom is 0.332 e. The lowest BCUT2D eigenvalue weighted by Gasteiger charge is -2.34. The number of hydrogen-bond donors (Lipinski definition) is 0. The number of allylic oxidation sites excluding steroid dienone is 1. The molecule has 5 nitrogen and oxygen atoms in total. The smallest absolute Gasteiger partial charge is 0.332 e. The lowest BCUT2D eigenvalue weighted by atomic mass is 9.77. The third-order valence-electron chi connectivity index (χ3n) is 6.63. The first-order valence-corrected chi connectivity index (χ1v) is 9.90. The third kappa shape index (κ3) is 2.54. The number of carbonyl (C=O) groups is 1. The van der Waals surface area contributed by atoms with Crippen LogP contribution >= 0.6 is 0 Å². The monoisotopic (exact) mass is 379 g/mol. The molecule has 0 amide bonds. The molecule has 2 fully saturated rings. The summed E-state index contributed by atoms with van der Waals surface area (Å²) in [7, 11) is 3.37. The van der Waals surface area contributed by atoms with Crippen LogP contribution in [-0.2, 0) is 19.0 Å². The quantitative estimate of drug-likeness (QED) is 0.581. The Kier molecular flexibility index (Phi) is 4.27. The largest absolute Gasteiger partial charge is 0.449 e. The number of ether oxygens (including phenoxy) is 3. The summed E-state index contributed by atoms with van der Waals surface area (Å²) < 4.78 is 17.2. The summed E-state index contributed by atoms with van der Waals surface area (Å²) in [5, 5.41) is 0. The second kappa shape index (κ2) is 6.69. The summed E-state index contributed by atoms with van der Waals surface area (Å²) in [4.78, 5) is 14.8. The van der Waals surface area contributed by atoms with Crippen LogP contribution in [0.5, 0.6) is 0 Å². The van der Waals surface area contributed by atoms with E-state index >= 15 is 0 Å². The van der Waals surface area contributed by atoms with Crippen LogP contribution in [0.15, 0.2) is 59.7 Å². The van der Waals surface area contributed by atoms with Crippen LogP contribution in [0, 0.1) is 0 Å². The summed E-state index contributed by atoms with van der Waals surface area (Å²) in [6.07, 6.45) is 10.7. The minimum Gasteiger partial charge on any atom is -0.449 e. The number of hydrogen-bond acceptors (Lipinski definition) is 5. The van der Waals surface area contributed by atoms with Crippen LogP contribution in [0.4, 0.5) is 0 Å². The molecular weight excluding hydrogens is 354 g/mol. The molecule has 1 aromatic carbocycles. The van der Waals surface area contributed by atoms with Crippen molar-refractivity contribution < 1.29 is 19.0 Å². The van der Waals surface area contributed by atoms with Crippen molar-refractivity contribution in [1.29, 1.82) is 0 Å². The first-order valence-electron chi connectivity index (χ1n) is 9.90. The second-order valence-corrected chi connectivity index (χ2v) is 7.95. The fraction of sp³-hybridized carbons (Fsp3) is 0.435. The molecule has 2 bridgehead atoms. The molecule has 1 unspecified atom stereocenters. The number of fused-ring (bicyclic) bond motifs is 3. The molecule has 0 radical (unpaired) electrons. The number of rotatable bonds is 5. The van der Waals surface area contributed by atoms with E-state index in [0.717, 1.165) is 36.0 Å². The van der Waals surface area contributed by atoms with Crippen molar-refractivity contribution in [2.24, 2.45) is 0 Å². The highest BCUT2D eigenvalue weighted by Gasteiger charge is 2.65. The summed E-state index contributed by atoms with van der Waals surface area (Å²) >= 11 is 0. The number of carbonyl (C=O) groups excluding carboxylic acids is 1. The molecule has 0 saturated carbocycles. The molecule has 1 aliphatic carbocycles. The average Bonchev–Trinajstić information content (AvgIpc) is 3.36. The zero-order chi connectivity index (χ0) is 19.3. The Balaban J connectivity index is 1.53. The van der Waals surface area contributed by atoms with Gasteiger partial charge in [-0.05, 0) is 24.0 Å². The summed E-state index contributed by atoms with van der Waals surface area (Å²) in [5.41, 5.74) is 2.72. The van der Waals surface area contributed by atoms with Gasteiger partial charge in [0.1, 0.15) is 0 Å². The van der Waals surface area contributed by atoms with E-state index in [1.165, 1.54) is 0 Å². The van der Waals surface area contributed by atoms with Crippen molar-refractivity contribution in [2.45, 2.75) is 49.3 Å². The van der Waals surface area contributed by atoms with E-state index < -0.39 is 5.60 Å². The van der Waals surface area contributed by atoms with Crippen LogP contribution in [0.2, 0.25) is 0 Å². The number of methoxy groups -OCH3 is 2. The Morgan fingerprint density at radius 2 is 1.96 bits per heavy atom. The zero-order valence-electron chi connectivity index (χ0n) is 16.2. The molecule has 4 atom stereocenters. The fourth-order valence-corrected chi connectivity index (χ4v) is 5.62. The van der Waals surface area contributed by atoms with Gasteiger partial charge in [-0.15, -0.1) is 0 Å². The van der Waals surface area contributed by atoms with Gasteiger partial charge in [0, 0.05) is 38.3 Å². The van der Waals surface area contributed by atoms with Crippen molar-refractivity contribution in [3.05, 3.63) is 65.3 Å². The van der Waals surface area contributed by atoms with Crippen molar-refractivity contribution in [1.82, 2.24) is 4.90 Å². The van der Waals surface area contributed by atoms with Gasteiger partial charge < -0.3 is 14.2 Å². The molecule has 5 rings (SSSR count). The molecule has 0 N–H and O–H groups in total. The van der Waals surface area contributed by atoms with Crippen molar-refractivity contribution in [3.63, 3.8) is 0 Å². The van der Waals surface area contributed by atoms with Gasteiger partial charge in [-0.3, -0.25) is 4.90 Å². The Bertz CT molecular complexity index is 870. The number of esters is 1. The minimum atomic E-state index is -0.534. The summed E-state index contributed by atoms with van der Waals surface area (Å²) in [6.45, 7) is 0. The van der Waals surface area contributed by atoms with E-state index in [1.54, 1.807) is 20.3 Å². The molecule has 146 valence electrons. The molecule has 4 aliphatic rings. The first kappa shape index (κ1) is 17.9. The van der Waals surface area contributed by atoms with Crippen molar-refractivity contribution in [3.8, 4) is 0 Å². The van der Waals surface area contributed by atoms with E-state index in [1.807, 2.05) is 18.2 Å². The SMILES string of the molecule is COC(OC)[C@H]1CC[C@H]2N1[C@@H]1C=C(/C=C/c3ccccc3)C3=CC(=O)OC32C1. The first-order chi connectivity index (χ1) is 13.7.